The van der Waals surface area contributed by atoms with Crippen molar-refractivity contribution in [2.75, 3.05) is 19.6 Å². The van der Waals surface area contributed by atoms with Crippen LogP contribution in [-0.2, 0) is 4.74 Å². The highest BCUT2D eigenvalue weighted by Gasteiger charge is 2.39. The maximum Gasteiger partial charge on any atom is 0.338 e. The van der Waals surface area contributed by atoms with Gasteiger partial charge in [-0.1, -0.05) is 17.7 Å². The van der Waals surface area contributed by atoms with Crippen molar-refractivity contribution in [1.29, 1.82) is 0 Å². The molecule has 3 nitrogen and oxygen atoms in total. The van der Waals surface area contributed by atoms with Crippen molar-refractivity contribution in [3.63, 3.8) is 0 Å². The average molecular weight is 267 g/mol. The molecule has 1 atom stereocenters. The van der Waals surface area contributed by atoms with Crippen LogP contribution in [0.5, 0.6) is 0 Å². The maximum absolute atomic E-state index is 12.1. The van der Waals surface area contributed by atoms with Gasteiger partial charge in [-0.15, -0.1) is 0 Å². The molecule has 1 aromatic rings. The van der Waals surface area contributed by atoms with Crippen LogP contribution >= 0.6 is 11.6 Å². The van der Waals surface area contributed by atoms with Gasteiger partial charge in [0.05, 0.1) is 18.7 Å². The average Bonchev–Trinajstić information content (AvgIpc) is 2.40. The molecule has 1 aromatic carbocycles. The third kappa shape index (κ3) is 2.38. The van der Waals surface area contributed by atoms with Crippen molar-refractivity contribution >= 4 is 17.6 Å². The molecule has 3 aliphatic heterocycles. The minimum absolute atomic E-state index is 0.0916. The lowest BCUT2D eigenvalue weighted by Crippen LogP contribution is -3.16. The summed E-state index contributed by atoms with van der Waals surface area (Å²) in [6.45, 7) is 3.43. The molecule has 0 saturated carbocycles. The van der Waals surface area contributed by atoms with E-state index in [4.69, 9.17) is 16.3 Å². The number of esters is 1. The van der Waals surface area contributed by atoms with E-state index in [1.807, 2.05) is 0 Å². The fourth-order valence-corrected chi connectivity index (χ4v) is 3.22. The number of carbonyl (C=O) groups is 1. The molecule has 0 aromatic heterocycles. The van der Waals surface area contributed by atoms with Crippen LogP contribution in [0.2, 0.25) is 5.02 Å². The number of benzene rings is 1. The van der Waals surface area contributed by atoms with Crippen LogP contribution in [0.4, 0.5) is 0 Å². The van der Waals surface area contributed by atoms with Gasteiger partial charge in [0.15, 0.2) is 6.10 Å². The Morgan fingerprint density at radius 2 is 2.11 bits per heavy atom. The van der Waals surface area contributed by atoms with E-state index in [2.05, 4.69) is 0 Å². The highest BCUT2D eigenvalue weighted by atomic mass is 35.5. The molecular weight excluding hydrogens is 250 g/mol. The lowest BCUT2D eigenvalue weighted by molar-refractivity contribution is -0.920. The van der Waals surface area contributed by atoms with Crippen molar-refractivity contribution in [2.24, 2.45) is 5.92 Å². The van der Waals surface area contributed by atoms with Gasteiger partial charge in [-0.25, -0.2) is 4.79 Å². The van der Waals surface area contributed by atoms with E-state index in [1.165, 1.54) is 25.9 Å². The Morgan fingerprint density at radius 1 is 1.33 bits per heavy atom. The number of hydrogen-bond acceptors (Lipinski definition) is 2. The first-order chi connectivity index (χ1) is 8.72. The molecule has 96 valence electrons. The molecule has 18 heavy (non-hydrogen) atoms. The predicted molar refractivity (Wildman–Crippen MR) is 68.9 cm³/mol. The maximum atomic E-state index is 12.1. The molecule has 3 saturated heterocycles. The van der Waals surface area contributed by atoms with Crippen molar-refractivity contribution < 1.29 is 14.4 Å². The standard InChI is InChI=1S/C14H16ClNO2/c15-12-3-1-2-11(8-12)14(17)18-13-9-16-6-4-10(13)5-7-16/h1-3,8,10,13H,4-7,9H2/p+1. The van der Waals surface area contributed by atoms with Crippen LogP contribution in [0.3, 0.4) is 0 Å². The van der Waals surface area contributed by atoms with Crippen LogP contribution in [0.15, 0.2) is 24.3 Å². The molecule has 0 aliphatic carbocycles. The van der Waals surface area contributed by atoms with Gasteiger partial charge in [0, 0.05) is 23.8 Å². The Bertz CT molecular complexity index is 455. The van der Waals surface area contributed by atoms with Gasteiger partial charge in [-0.3, -0.25) is 0 Å². The van der Waals surface area contributed by atoms with Gasteiger partial charge in [0.1, 0.15) is 6.54 Å². The molecular formula is C14H17ClNO2+. The minimum Gasteiger partial charge on any atom is -0.452 e. The zero-order valence-corrected chi connectivity index (χ0v) is 11.0. The summed E-state index contributed by atoms with van der Waals surface area (Å²) in [5, 5.41) is 0.573. The van der Waals surface area contributed by atoms with Crippen LogP contribution in [0.1, 0.15) is 23.2 Å². The van der Waals surface area contributed by atoms with Gasteiger partial charge in [0.25, 0.3) is 0 Å². The van der Waals surface area contributed by atoms with Gasteiger partial charge >= 0.3 is 5.97 Å². The summed E-state index contributed by atoms with van der Waals surface area (Å²) in [5.74, 6) is 0.321. The van der Waals surface area contributed by atoms with Crippen molar-refractivity contribution in [3.8, 4) is 0 Å². The monoisotopic (exact) mass is 266 g/mol. The van der Waals surface area contributed by atoms with Gasteiger partial charge in [0.2, 0.25) is 0 Å². The fraction of sp³-hybridized carbons (Fsp3) is 0.500. The van der Waals surface area contributed by atoms with E-state index in [1.54, 1.807) is 29.2 Å². The second-order valence-electron chi connectivity index (χ2n) is 5.25. The second kappa shape index (κ2) is 4.90. The Kier molecular flexibility index (Phi) is 3.27. The number of nitrogens with one attached hydrogen (secondary N) is 1. The number of hydrogen-bond donors (Lipinski definition) is 1. The highest BCUT2D eigenvalue weighted by molar-refractivity contribution is 6.30. The SMILES string of the molecule is O=C(OC1C[NH+]2CCC1CC2)c1cccc(Cl)c1. The summed E-state index contributed by atoms with van der Waals surface area (Å²) in [6.07, 6.45) is 2.46. The van der Waals surface area contributed by atoms with Gasteiger partial charge in [-0.05, 0) is 18.2 Å². The Morgan fingerprint density at radius 3 is 2.72 bits per heavy atom. The number of piperidine rings is 3. The molecule has 4 heteroatoms. The second-order valence-corrected chi connectivity index (χ2v) is 5.68. The molecule has 1 N–H and O–H groups in total. The van der Waals surface area contributed by atoms with E-state index in [0.717, 1.165) is 6.54 Å². The van der Waals surface area contributed by atoms with E-state index in [9.17, 15) is 4.79 Å². The predicted octanol–water partition coefficient (Wildman–Crippen LogP) is 1.17. The van der Waals surface area contributed by atoms with Crippen LogP contribution in [0.25, 0.3) is 0 Å². The number of fused-ring (bicyclic) bond motifs is 3. The molecule has 0 amide bonds. The molecule has 3 fully saturated rings. The van der Waals surface area contributed by atoms with Crippen LogP contribution < -0.4 is 4.90 Å². The molecule has 3 heterocycles. The zero-order valence-electron chi connectivity index (χ0n) is 10.2. The number of ether oxygens (including phenoxy) is 1. The van der Waals surface area contributed by atoms with Crippen molar-refractivity contribution in [3.05, 3.63) is 34.9 Å². The summed E-state index contributed by atoms with van der Waals surface area (Å²) in [5.41, 5.74) is 0.550. The Balaban J connectivity index is 1.68. The summed E-state index contributed by atoms with van der Waals surface area (Å²) < 4.78 is 5.65. The molecule has 1 unspecified atom stereocenters. The van der Waals surface area contributed by atoms with E-state index in [-0.39, 0.29) is 12.1 Å². The minimum atomic E-state index is -0.240. The summed E-state index contributed by atoms with van der Waals surface area (Å²) in [6, 6.07) is 6.96. The number of quaternary nitrogens is 1. The summed E-state index contributed by atoms with van der Waals surface area (Å²) >= 11 is 5.88. The first-order valence-corrected chi connectivity index (χ1v) is 6.90. The molecule has 4 rings (SSSR count). The van der Waals surface area contributed by atoms with Gasteiger partial charge < -0.3 is 9.64 Å². The number of halogens is 1. The Labute approximate surface area is 112 Å². The number of carbonyl (C=O) groups excluding carboxylic acids is 1. The quantitative estimate of drug-likeness (QED) is 0.815. The molecule has 0 spiro atoms. The van der Waals surface area contributed by atoms with Crippen LogP contribution in [-0.4, -0.2) is 31.7 Å². The van der Waals surface area contributed by atoms with Gasteiger partial charge in [-0.2, -0.15) is 0 Å². The van der Waals surface area contributed by atoms with Crippen molar-refractivity contribution in [1.82, 2.24) is 0 Å². The molecule has 2 bridgehead atoms. The van der Waals surface area contributed by atoms with E-state index >= 15 is 0 Å². The topological polar surface area (TPSA) is 30.7 Å². The van der Waals surface area contributed by atoms with Crippen LogP contribution in [0, 0.1) is 5.92 Å². The van der Waals surface area contributed by atoms with E-state index in [0.29, 0.717) is 16.5 Å². The first-order valence-electron chi connectivity index (χ1n) is 6.52. The van der Waals surface area contributed by atoms with Crippen molar-refractivity contribution in [2.45, 2.75) is 18.9 Å². The van der Waals surface area contributed by atoms with E-state index < -0.39 is 0 Å². The number of rotatable bonds is 2. The lowest BCUT2D eigenvalue weighted by atomic mass is 9.86. The molecule has 0 radical (unpaired) electrons. The third-order valence-electron chi connectivity index (χ3n) is 4.07. The Hall–Kier alpha value is -1.06. The third-order valence-corrected chi connectivity index (χ3v) is 4.31. The summed E-state index contributed by atoms with van der Waals surface area (Å²) in [7, 11) is 0. The normalized spacial score (nSPS) is 30.2. The summed E-state index contributed by atoms with van der Waals surface area (Å²) in [4.78, 5) is 13.6. The first kappa shape index (κ1) is 12.0. The molecule has 3 aliphatic rings. The largest absolute Gasteiger partial charge is 0.452 e. The smallest absolute Gasteiger partial charge is 0.338 e. The highest BCUT2D eigenvalue weighted by Crippen LogP contribution is 2.22. The lowest BCUT2D eigenvalue weighted by Gasteiger charge is -2.41. The zero-order chi connectivity index (χ0) is 12.5. The fourth-order valence-electron chi connectivity index (χ4n) is 3.03.